The van der Waals surface area contributed by atoms with Crippen LogP contribution in [0.4, 0.5) is 0 Å². The summed E-state index contributed by atoms with van der Waals surface area (Å²) in [6, 6.07) is 4.30. The zero-order chi connectivity index (χ0) is 12.3. The quantitative estimate of drug-likeness (QED) is 0.826. The molecule has 1 heterocycles. The van der Waals surface area contributed by atoms with Gasteiger partial charge in [0.2, 0.25) is 0 Å². The molecule has 2 unspecified atom stereocenters. The van der Waals surface area contributed by atoms with Crippen LogP contribution in [0.2, 0.25) is 0 Å². The standard InChI is InChI=1S/C14H24N2O/c1-3-16(10-12-6-4-7-12)14(11(2)15)13-8-5-9-17-13/h5,8-9,11-12,14H,3-4,6-7,10,15H2,1-2H3. The Bertz CT molecular complexity index is 317. The maximum atomic E-state index is 6.14. The van der Waals surface area contributed by atoms with Gasteiger partial charge in [-0.1, -0.05) is 13.3 Å². The minimum atomic E-state index is 0.0983. The highest BCUT2D eigenvalue weighted by Crippen LogP contribution is 2.31. The lowest BCUT2D eigenvalue weighted by atomic mass is 9.84. The highest BCUT2D eigenvalue weighted by molar-refractivity contribution is 5.07. The molecule has 1 aliphatic carbocycles. The molecule has 0 aromatic carbocycles. The molecule has 1 saturated carbocycles. The Morgan fingerprint density at radius 1 is 1.53 bits per heavy atom. The van der Waals surface area contributed by atoms with E-state index < -0.39 is 0 Å². The summed E-state index contributed by atoms with van der Waals surface area (Å²) in [5.74, 6) is 1.87. The molecule has 2 rings (SSSR count). The molecule has 1 aromatic heterocycles. The first-order valence-corrected chi connectivity index (χ1v) is 6.75. The second-order valence-corrected chi connectivity index (χ2v) is 5.20. The molecule has 0 spiro atoms. The third kappa shape index (κ3) is 2.90. The number of likely N-dealkylation sites (N-methyl/N-ethyl adjacent to an activating group) is 1. The van der Waals surface area contributed by atoms with Crippen molar-refractivity contribution in [2.45, 2.75) is 45.2 Å². The SMILES string of the molecule is CCN(CC1CCC1)C(c1ccco1)C(C)N. The fraction of sp³-hybridized carbons (Fsp3) is 0.714. The van der Waals surface area contributed by atoms with E-state index in [0.29, 0.717) is 0 Å². The van der Waals surface area contributed by atoms with Gasteiger partial charge in [-0.3, -0.25) is 4.90 Å². The Kier molecular flexibility index (Phi) is 4.24. The number of hydrogen-bond acceptors (Lipinski definition) is 3. The van der Waals surface area contributed by atoms with E-state index in [4.69, 9.17) is 10.2 Å². The van der Waals surface area contributed by atoms with Gasteiger partial charge >= 0.3 is 0 Å². The third-order valence-corrected chi connectivity index (χ3v) is 3.85. The molecule has 1 fully saturated rings. The van der Waals surface area contributed by atoms with Crippen molar-refractivity contribution in [2.75, 3.05) is 13.1 Å². The van der Waals surface area contributed by atoms with Gasteiger partial charge in [0.15, 0.2) is 0 Å². The van der Waals surface area contributed by atoms with E-state index in [1.807, 2.05) is 12.1 Å². The summed E-state index contributed by atoms with van der Waals surface area (Å²) in [5, 5.41) is 0. The molecular formula is C14H24N2O. The number of hydrogen-bond donors (Lipinski definition) is 1. The number of furan rings is 1. The highest BCUT2D eigenvalue weighted by Gasteiger charge is 2.29. The highest BCUT2D eigenvalue weighted by atomic mass is 16.3. The summed E-state index contributed by atoms with van der Waals surface area (Å²) in [6.07, 6.45) is 5.88. The van der Waals surface area contributed by atoms with Gasteiger partial charge < -0.3 is 10.2 Å². The second-order valence-electron chi connectivity index (χ2n) is 5.20. The van der Waals surface area contributed by atoms with Crippen LogP contribution in [-0.4, -0.2) is 24.0 Å². The monoisotopic (exact) mass is 236 g/mol. The second kappa shape index (κ2) is 5.69. The summed E-state index contributed by atoms with van der Waals surface area (Å²) in [7, 11) is 0. The molecule has 0 amide bonds. The first-order valence-electron chi connectivity index (χ1n) is 6.75. The molecular weight excluding hydrogens is 212 g/mol. The van der Waals surface area contributed by atoms with Crippen molar-refractivity contribution >= 4 is 0 Å². The van der Waals surface area contributed by atoms with Crippen molar-refractivity contribution in [1.82, 2.24) is 4.90 Å². The fourth-order valence-electron chi connectivity index (χ4n) is 2.68. The van der Waals surface area contributed by atoms with Crippen LogP contribution in [-0.2, 0) is 0 Å². The Morgan fingerprint density at radius 3 is 2.71 bits per heavy atom. The van der Waals surface area contributed by atoms with Crippen molar-refractivity contribution in [3.05, 3.63) is 24.2 Å². The van der Waals surface area contributed by atoms with Crippen molar-refractivity contribution in [3.63, 3.8) is 0 Å². The zero-order valence-electron chi connectivity index (χ0n) is 10.9. The van der Waals surface area contributed by atoms with Gasteiger partial charge in [0.25, 0.3) is 0 Å². The Labute approximate surface area is 104 Å². The largest absolute Gasteiger partial charge is 0.468 e. The van der Waals surface area contributed by atoms with Crippen molar-refractivity contribution in [1.29, 1.82) is 0 Å². The molecule has 3 heteroatoms. The minimum Gasteiger partial charge on any atom is -0.468 e. The molecule has 17 heavy (non-hydrogen) atoms. The predicted octanol–water partition coefficient (Wildman–Crippen LogP) is 2.79. The molecule has 2 atom stereocenters. The van der Waals surface area contributed by atoms with Gasteiger partial charge in [-0.2, -0.15) is 0 Å². The van der Waals surface area contributed by atoms with Crippen LogP contribution < -0.4 is 5.73 Å². The third-order valence-electron chi connectivity index (χ3n) is 3.85. The predicted molar refractivity (Wildman–Crippen MR) is 69.7 cm³/mol. The molecule has 1 aliphatic rings. The zero-order valence-corrected chi connectivity index (χ0v) is 10.9. The van der Waals surface area contributed by atoms with Crippen LogP contribution in [0.5, 0.6) is 0 Å². The Balaban J connectivity index is 2.06. The maximum absolute atomic E-state index is 6.14. The normalized spacial score (nSPS) is 20.2. The molecule has 0 saturated heterocycles. The van der Waals surface area contributed by atoms with E-state index in [-0.39, 0.29) is 12.1 Å². The molecule has 2 N–H and O–H groups in total. The lowest BCUT2D eigenvalue weighted by molar-refractivity contribution is 0.112. The van der Waals surface area contributed by atoms with Gasteiger partial charge in [-0.25, -0.2) is 0 Å². The lowest BCUT2D eigenvalue weighted by Gasteiger charge is -2.37. The molecule has 96 valence electrons. The van der Waals surface area contributed by atoms with E-state index in [1.54, 1.807) is 6.26 Å². The average molecular weight is 236 g/mol. The minimum absolute atomic E-state index is 0.0983. The smallest absolute Gasteiger partial charge is 0.122 e. The van der Waals surface area contributed by atoms with Crippen LogP contribution in [0.1, 0.15) is 44.9 Å². The molecule has 0 aliphatic heterocycles. The Morgan fingerprint density at radius 2 is 2.29 bits per heavy atom. The van der Waals surface area contributed by atoms with Crippen molar-refractivity contribution in [3.8, 4) is 0 Å². The van der Waals surface area contributed by atoms with E-state index in [0.717, 1.165) is 24.8 Å². The van der Waals surface area contributed by atoms with E-state index >= 15 is 0 Å². The van der Waals surface area contributed by atoms with E-state index in [9.17, 15) is 0 Å². The summed E-state index contributed by atoms with van der Waals surface area (Å²) in [6.45, 7) is 6.46. The van der Waals surface area contributed by atoms with Gasteiger partial charge in [-0.15, -0.1) is 0 Å². The number of nitrogens with two attached hydrogens (primary N) is 1. The van der Waals surface area contributed by atoms with Crippen molar-refractivity contribution in [2.24, 2.45) is 11.7 Å². The van der Waals surface area contributed by atoms with Gasteiger partial charge in [0.05, 0.1) is 12.3 Å². The fourth-order valence-corrected chi connectivity index (χ4v) is 2.68. The molecule has 0 bridgehead atoms. The number of rotatable bonds is 6. The first-order chi connectivity index (χ1) is 8.22. The molecule has 1 aromatic rings. The van der Waals surface area contributed by atoms with Gasteiger partial charge in [0.1, 0.15) is 5.76 Å². The summed E-state index contributed by atoms with van der Waals surface area (Å²) in [4.78, 5) is 2.47. The van der Waals surface area contributed by atoms with E-state index in [2.05, 4.69) is 18.7 Å². The number of nitrogens with zero attached hydrogens (tertiary/aromatic N) is 1. The van der Waals surface area contributed by atoms with Crippen LogP contribution in [0.25, 0.3) is 0 Å². The van der Waals surface area contributed by atoms with Crippen LogP contribution in [0, 0.1) is 5.92 Å². The van der Waals surface area contributed by atoms with Gasteiger partial charge in [0, 0.05) is 12.6 Å². The van der Waals surface area contributed by atoms with Gasteiger partial charge in [-0.05, 0) is 44.4 Å². The maximum Gasteiger partial charge on any atom is 0.122 e. The van der Waals surface area contributed by atoms with E-state index in [1.165, 1.54) is 19.3 Å². The summed E-state index contributed by atoms with van der Waals surface area (Å²) < 4.78 is 5.55. The van der Waals surface area contributed by atoms with Crippen LogP contribution in [0.15, 0.2) is 22.8 Å². The van der Waals surface area contributed by atoms with Crippen LogP contribution >= 0.6 is 0 Å². The topological polar surface area (TPSA) is 42.4 Å². The van der Waals surface area contributed by atoms with Crippen LogP contribution in [0.3, 0.4) is 0 Å². The molecule has 0 radical (unpaired) electrons. The summed E-state index contributed by atoms with van der Waals surface area (Å²) in [5.41, 5.74) is 6.14. The molecule has 3 nitrogen and oxygen atoms in total. The lowest BCUT2D eigenvalue weighted by Crippen LogP contribution is -2.42. The average Bonchev–Trinajstić information content (AvgIpc) is 2.73. The first kappa shape index (κ1) is 12.7. The summed E-state index contributed by atoms with van der Waals surface area (Å²) >= 11 is 0. The Hall–Kier alpha value is -0.800. The van der Waals surface area contributed by atoms with Crippen molar-refractivity contribution < 1.29 is 4.42 Å².